The Morgan fingerprint density at radius 2 is 1.90 bits per heavy atom. The first kappa shape index (κ1) is 20.0. The highest BCUT2D eigenvalue weighted by Gasteiger charge is 2.35. The minimum absolute atomic E-state index is 0.119. The van der Waals surface area contributed by atoms with Crippen LogP contribution in [-0.4, -0.2) is 36.1 Å². The van der Waals surface area contributed by atoms with Gasteiger partial charge < -0.3 is 5.11 Å². The maximum Gasteiger partial charge on any atom is 0.280 e. The summed E-state index contributed by atoms with van der Waals surface area (Å²) < 4.78 is 22.7. The van der Waals surface area contributed by atoms with Gasteiger partial charge in [0.1, 0.15) is 11.4 Å². The molecule has 13 heteroatoms. The van der Waals surface area contributed by atoms with Crippen LogP contribution in [0.1, 0.15) is 6.92 Å². The Bertz CT molecular complexity index is 1160. The number of primary sulfonamides is 1. The fourth-order valence-corrected chi connectivity index (χ4v) is 2.99. The molecule has 1 aliphatic rings. The normalized spacial score (nSPS) is 17.0. The van der Waals surface area contributed by atoms with Crippen LogP contribution < -0.4 is 10.1 Å². The molecule has 29 heavy (non-hydrogen) atoms. The first-order valence-electron chi connectivity index (χ1n) is 7.98. The number of amides is 1. The van der Waals surface area contributed by atoms with Gasteiger partial charge in [-0.05, 0) is 37.3 Å². The molecular weight excluding hydrogens is 404 g/mol. The van der Waals surface area contributed by atoms with E-state index >= 15 is 0 Å². The van der Waals surface area contributed by atoms with E-state index in [0.29, 0.717) is 5.71 Å². The van der Waals surface area contributed by atoms with E-state index in [1.807, 2.05) is 0 Å². The Balaban J connectivity index is 1.84. The van der Waals surface area contributed by atoms with Gasteiger partial charge >= 0.3 is 0 Å². The highest BCUT2D eigenvalue weighted by molar-refractivity contribution is 7.89. The van der Waals surface area contributed by atoms with Crippen LogP contribution in [0.5, 0.6) is 5.75 Å². The fourth-order valence-electron chi connectivity index (χ4n) is 2.48. The van der Waals surface area contributed by atoms with Crippen LogP contribution in [0.3, 0.4) is 0 Å². The van der Waals surface area contributed by atoms with Crippen LogP contribution in [0.15, 0.2) is 62.7 Å². The van der Waals surface area contributed by atoms with Crippen molar-refractivity contribution in [2.24, 2.45) is 20.5 Å². The number of phenols is 1. The second-order valence-corrected chi connectivity index (χ2v) is 7.54. The van der Waals surface area contributed by atoms with Crippen molar-refractivity contribution in [3.63, 3.8) is 0 Å². The van der Waals surface area contributed by atoms with E-state index in [-0.39, 0.29) is 27.7 Å². The largest absolute Gasteiger partial charge is 0.506 e. The predicted molar refractivity (Wildman–Crippen MR) is 101 cm³/mol. The highest BCUT2D eigenvalue weighted by atomic mass is 32.2. The smallest absolute Gasteiger partial charge is 0.280 e. The number of hydrazone groups is 1. The minimum atomic E-state index is -3.88. The third kappa shape index (κ3) is 4.09. The quantitative estimate of drug-likeness (QED) is 0.424. The number of carbonyl (C=O) groups is 1. The van der Waals surface area contributed by atoms with Crippen LogP contribution >= 0.6 is 0 Å². The third-order valence-corrected chi connectivity index (χ3v) is 4.89. The first-order chi connectivity index (χ1) is 13.6. The van der Waals surface area contributed by atoms with E-state index in [1.165, 1.54) is 31.2 Å². The molecule has 0 fully saturated rings. The highest BCUT2D eigenvalue weighted by Crippen LogP contribution is 2.31. The van der Waals surface area contributed by atoms with Crippen molar-refractivity contribution < 1.29 is 23.2 Å². The van der Waals surface area contributed by atoms with Crippen molar-refractivity contribution in [2.75, 3.05) is 5.01 Å². The summed E-state index contributed by atoms with van der Waals surface area (Å²) in [4.78, 5) is 22.7. The number of azo groups is 1. The fraction of sp³-hybridized carbons (Fsp3) is 0.125. The number of benzene rings is 2. The van der Waals surface area contributed by atoms with Gasteiger partial charge in [-0.1, -0.05) is 0 Å². The molecular formula is C16H14N6O6S. The molecule has 1 unspecified atom stereocenters. The Kier molecular flexibility index (Phi) is 5.09. The molecule has 0 radical (unpaired) electrons. The third-order valence-electron chi connectivity index (χ3n) is 3.96. The second-order valence-electron chi connectivity index (χ2n) is 5.98. The molecule has 0 aliphatic carbocycles. The molecule has 1 aliphatic heterocycles. The first-order valence-corrected chi connectivity index (χ1v) is 9.53. The van der Waals surface area contributed by atoms with Crippen LogP contribution in [0.25, 0.3) is 0 Å². The molecule has 0 saturated heterocycles. The lowest BCUT2D eigenvalue weighted by Crippen LogP contribution is -2.29. The van der Waals surface area contributed by atoms with Crippen LogP contribution in [0, 0.1) is 10.1 Å². The average molecular weight is 418 g/mol. The van der Waals surface area contributed by atoms with Gasteiger partial charge in [0.25, 0.3) is 11.6 Å². The Morgan fingerprint density at radius 3 is 2.48 bits per heavy atom. The van der Waals surface area contributed by atoms with Gasteiger partial charge in [-0.15, -0.1) is 0 Å². The molecule has 0 bridgehead atoms. The molecule has 1 heterocycles. The molecule has 12 nitrogen and oxygen atoms in total. The van der Waals surface area contributed by atoms with E-state index in [4.69, 9.17) is 5.14 Å². The van der Waals surface area contributed by atoms with Crippen molar-refractivity contribution in [2.45, 2.75) is 17.9 Å². The van der Waals surface area contributed by atoms with Gasteiger partial charge in [-0.25, -0.2) is 13.6 Å². The number of nitrogens with two attached hydrogens (primary N) is 1. The summed E-state index contributed by atoms with van der Waals surface area (Å²) >= 11 is 0. The van der Waals surface area contributed by atoms with Gasteiger partial charge in [-0.3, -0.25) is 14.9 Å². The van der Waals surface area contributed by atoms with Gasteiger partial charge in [0.15, 0.2) is 6.04 Å². The zero-order valence-corrected chi connectivity index (χ0v) is 15.6. The molecule has 1 atom stereocenters. The lowest BCUT2D eigenvalue weighted by atomic mass is 10.2. The maximum absolute atomic E-state index is 12.6. The molecule has 0 spiro atoms. The van der Waals surface area contributed by atoms with Crippen molar-refractivity contribution in [1.29, 1.82) is 0 Å². The Hall–Kier alpha value is -3.71. The number of carbonyl (C=O) groups excluding carboxylic acids is 1. The number of hydrogen-bond acceptors (Lipinski definition) is 9. The van der Waals surface area contributed by atoms with Gasteiger partial charge in [0.05, 0.1) is 21.2 Å². The summed E-state index contributed by atoms with van der Waals surface area (Å²) in [6.45, 7) is 1.54. The van der Waals surface area contributed by atoms with Gasteiger partial charge in [0, 0.05) is 12.1 Å². The van der Waals surface area contributed by atoms with Crippen molar-refractivity contribution in [1.82, 2.24) is 0 Å². The molecule has 3 rings (SSSR count). The molecule has 2 aromatic carbocycles. The molecule has 1 amide bonds. The Morgan fingerprint density at radius 1 is 1.24 bits per heavy atom. The average Bonchev–Trinajstić information content (AvgIpc) is 2.94. The van der Waals surface area contributed by atoms with Crippen molar-refractivity contribution in [3.8, 4) is 5.75 Å². The second kappa shape index (κ2) is 7.37. The van der Waals surface area contributed by atoms with Crippen LogP contribution in [-0.2, 0) is 14.8 Å². The van der Waals surface area contributed by atoms with E-state index in [0.717, 1.165) is 23.2 Å². The number of nitro groups is 1. The lowest BCUT2D eigenvalue weighted by Gasteiger charge is -2.12. The molecule has 150 valence electrons. The standard InChI is InChI=1S/C16H14N6O6S/c1-9-15(19-18-13-8-11(22(25)26)4-7-14(13)23)16(24)21(20-9)10-2-5-12(6-3-10)29(17,27)28/h2-8,15,23H,1H3,(H2,17,27,28). The number of phenolic OH excluding ortho intramolecular Hbond substituents is 1. The van der Waals surface area contributed by atoms with Crippen molar-refractivity contribution in [3.05, 3.63) is 52.6 Å². The van der Waals surface area contributed by atoms with E-state index < -0.39 is 26.9 Å². The Labute approximate surface area is 164 Å². The number of non-ortho nitro benzene ring substituents is 1. The molecule has 0 saturated carbocycles. The van der Waals surface area contributed by atoms with Crippen molar-refractivity contribution >= 4 is 38.7 Å². The van der Waals surface area contributed by atoms with Crippen LogP contribution in [0.4, 0.5) is 17.1 Å². The SMILES string of the molecule is CC1=NN(c2ccc(S(N)(=O)=O)cc2)C(=O)C1N=Nc1cc([N+](=O)[O-])ccc1O. The topological polar surface area (TPSA) is 181 Å². The number of anilines is 1. The predicted octanol–water partition coefficient (Wildman–Crippen LogP) is 1.82. The summed E-state index contributed by atoms with van der Waals surface area (Å²) in [5.41, 5.74) is 0.115. The number of sulfonamides is 1. The maximum atomic E-state index is 12.6. The number of aromatic hydroxyl groups is 1. The van der Waals surface area contributed by atoms with E-state index in [1.54, 1.807) is 0 Å². The zero-order chi connectivity index (χ0) is 21.3. The van der Waals surface area contributed by atoms with Crippen LogP contribution in [0.2, 0.25) is 0 Å². The minimum Gasteiger partial charge on any atom is -0.506 e. The van der Waals surface area contributed by atoms with E-state index in [9.17, 15) is 28.4 Å². The zero-order valence-electron chi connectivity index (χ0n) is 14.8. The summed E-state index contributed by atoms with van der Waals surface area (Å²) in [6, 6.07) is 7.32. The summed E-state index contributed by atoms with van der Waals surface area (Å²) in [5, 5.41) is 38.4. The summed E-state index contributed by atoms with van der Waals surface area (Å²) in [7, 11) is -3.88. The number of nitro benzene ring substituents is 1. The number of rotatable bonds is 5. The van der Waals surface area contributed by atoms with Gasteiger partial charge in [-0.2, -0.15) is 20.3 Å². The molecule has 2 aromatic rings. The number of hydrogen-bond donors (Lipinski definition) is 2. The number of nitrogens with zero attached hydrogens (tertiary/aromatic N) is 5. The monoisotopic (exact) mass is 418 g/mol. The molecule has 3 N–H and O–H groups in total. The summed E-state index contributed by atoms with van der Waals surface area (Å²) in [5.74, 6) is -0.908. The lowest BCUT2D eigenvalue weighted by molar-refractivity contribution is -0.384. The van der Waals surface area contributed by atoms with E-state index in [2.05, 4.69) is 15.3 Å². The summed E-state index contributed by atoms with van der Waals surface area (Å²) in [6.07, 6.45) is 0. The van der Waals surface area contributed by atoms with Gasteiger partial charge in [0.2, 0.25) is 10.0 Å². The molecule has 0 aromatic heterocycles.